The number of rotatable bonds is 4. The van der Waals surface area contributed by atoms with Crippen molar-refractivity contribution in [3.05, 3.63) is 82.9 Å². The van der Waals surface area contributed by atoms with Gasteiger partial charge in [-0.2, -0.15) is 0 Å². The van der Waals surface area contributed by atoms with Crippen LogP contribution in [0.2, 0.25) is 5.02 Å². The van der Waals surface area contributed by atoms with E-state index in [9.17, 15) is 9.59 Å². The number of carbonyl (C=O) groups excluding carboxylic acids is 2. The third kappa shape index (κ3) is 2.96. The Morgan fingerprint density at radius 3 is 2.79 bits per heavy atom. The van der Waals surface area contributed by atoms with Crippen LogP contribution < -0.4 is 15.5 Å². The van der Waals surface area contributed by atoms with Crippen LogP contribution in [0.5, 0.6) is 0 Å². The molecule has 0 radical (unpaired) electrons. The molecule has 166 valence electrons. The van der Waals surface area contributed by atoms with E-state index in [1.54, 1.807) is 23.1 Å². The van der Waals surface area contributed by atoms with Crippen LogP contribution in [0.4, 0.5) is 17.3 Å². The molecule has 3 aliphatic heterocycles. The first-order chi connectivity index (χ1) is 16.1. The number of aromatic nitrogens is 1. The summed E-state index contributed by atoms with van der Waals surface area (Å²) in [5.74, 6) is 0.742. The van der Waals surface area contributed by atoms with E-state index < -0.39 is 5.66 Å². The molecule has 2 saturated heterocycles. The van der Waals surface area contributed by atoms with Crippen molar-refractivity contribution < 1.29 is 9.59 Å². The summed E-state index contributed by atoms with van der Waals surface area (Å²) in [6.45, 7) is 1.27. The van der Waals surface area contributed by atoms with Crippen LogP contribution in [0.1, 0.15) is 24.0 Å². The molecule has 2 N–H and O–H groups in total. The van der Waals surface area contributed by atoms with Crippen molar-refractivity contribution in [3.63, 3.8) is 0 Å². The molecular weight excluding hydrogens is 438 g/mol. The van der Waals surface area contributed by atoms with E-state index in [-0.39, 0.29) is 17.9 Å². The maximum atomic E-state index is 13.7. The quantitative estimate of drug-likeness (QED) is 0.617. The van der Waals surface area contributed by atoms with Gasteiger partial charge in [-0.15, -0.1) is 0 Å². The monoisotopic (exact) mass is 459 g/mol. The summed E-state index contributed by atoms with van der Waals surface area (Å²) in [7, 11) is 0. The number of hydrogen-bond acceptors (Lipinski definition) is 5. The highest BCUT2D eigenvalue weighted by Crippen LogP contribution is 2.52. The molecule has 0 aliphatic carbocycles. The van der Waals surface area contributed by atoms with Gasteiger partial charge in [-0.3, -0.25) is 19.4 Å². The highest BCUT2D eigenvalue weighted by atomic mass is 35.5. The van der Waals surface area contributed by atoms with Gasteiger partial charge in [-0.1, -0.05) is 54.1 Å². The fourth-order valence-corrected chi connectivity index (χ4v) is 5.50. The Morgan fingerprint density at radius 2 is 1.94 bits per heavy atom. The van der Waals surface area contributed by atoms with Gasteiger partial charge in [0.2, 0.25) is 11.6 Å². The Morgan fingerprint density at radius 1 is 1.09 bits per heavy atom. The van der Waals surface area contributed by atoms with Crippen molar-refractivity contribution in [2.24, 2.45) is 0 Å². The number of amides is 2. The zero-order chi connectivity index (χ0) is 22.6. The fourth-order valence-electron chi connectivity index (χ4n) is 5.32. The Hall–Kier alpha value is -3.42. The molecule has 33 heavy (non-hydrogen) atoms. The van der Waals surface area contributed by atoms with Crippen LogP contribution in [-0.2, 0) is 21.8 Å². The standard InChI is InChI=1S/C25H22ClN5O2/c26-17-11-12-18-19(14-17)28-24(33)25(18)30-13-5-8-20(30)23(32)31(25)22-10-4-9-21(29-22)27-15-16-6-2-1-3-7-16/h1-4,6-7,9-12,14,20H,5,8,13,15H2,(H,27,29)(H,28,33)/t20-,25+/m0/s1. The van der Waals surface area contributed by atoms with Crippen molar-refractivity contribution in [3.8, 4) is 0 Å². The molecule has 2 fully saturated rings. The molecule has 7 nitrogen and oxygen atoms in total. The molecule has 6 rings (SSSR count). The predicted octanol–water partition coefficient (Wildman–Crippen LogP) is 3.96. The van der Waals surface area contributed by atoms with Gasteiger partial charge in [0.05, 0.1) is 6.04 Å². The first-order valence-corrected chi connectivity index (χ1v) is 11.4. The van der Waals surface area contributed by atoms with E-state index in [0.29, 0.717) is 35.4 Å². The lowest BCUT2D eigenvalue weighted by Crippen LogP contribution is -2.56. The molecule has 4 heterocycles. The van der Waals surface area contributed by atoms with Gasteiger partial charge in [0, 0.05) is 29.4 Å². The maximum absolute atomic E-state index is 13.7. The molecule has 2 amide bonds. The molecule has 3 aliphatic rings. The minimum absolute atomic E-state index is 0.0989. The zero-order valence-electron chi connectivity index (χ0n) is 17.8. The van der Waals surface area contributed by atoms with Gasteiger partial charge in [0.25, 0.3) is 5.91 Å². The van der Waals surface area contributed by atoms with E-state index in [0.717, 1.165) is 24.0 Å². The number of anilines is 3. The van der Waals surface area contributed by atoms with Gasteiger partial charge in [0.15, 0.2) is 0 Å². The molecule has 3 aromatic rings. The Bertz CT molecular complexity index is 1270. The summed E-state index contributed by atoms with van der Waals surface area (Å²) < 4.78 is 0. The summed E-state index contributed by atoms with van der Waals surface area (Å²) in [6, 6.07) is 20.5. The summed E-state index contributed by atoms with van der Waals surface area (Å²) in [5, 5.41) is 6.82. The average Bonchev–Trinajstić information content (AvgIpc) is 3.48. The van der Waals surface area contributed by atoms with Gasteiger partial charge in [0.1, 0.15) is 11.6 Å². The second-order valence-corrected chi connectivity index (χ2v) is 9.00. The zero-order valence-corrected chi connectivity index (χ0v) is 18.5. The highest BCUT2D eigenvalue weighted by Gasteiger charge is 2.67. The molecular formula is C25H22ClN5O2. The second kappa shape index (κ2) is 7.57. The molecule has 1 aromatic heterocycles. The van der Waals surface area contributed by atoms with Crippen molar-refractivity contribution >= 4 is 40.7 Å². The van der Waals surface area contributed by atoms with Gasteiger partial charge >= 0.3 is 0 Å². The average molecular weight is 460 g/mol. The van der Waals surface area contributed by atoms with Crippen molar-refractivity contribution in [2.75, 3.05) is 22.1 Å². The highest BCUT2D eigenvalue weighted by molar-refractivity contribution is 6.31. The van der Waals surface area contributed by atoms with Crippen molar-refractivity contribution in [2.45, 2.75) is 31.1 Å². The van der Waals surface area contributed by atoms with E-state index in [1.807, 2.05) is 53.4 Å². The van der Waals surface area contributed by atoms with Crippen LogP contribution >= 0.6 is 11.6 Å². The number of pyridine rings is 1. The first-order valence-electron chi connectivity index (χ1n) is 11.1. The molecule has 0 unspecified atom stereocenters. The lowest BCUT2D eigenvalue weighted by atomic mass is 9.98. The first kappa shape index (κ1) is 20.2. The van der Waals surface area contributed by atoms with Crippen LogP contribution in [0, 0.1) is 0 Å². The predicted molar refractivity (Wildman–Crippen MR) is 127 cm³/mol. The van der Waals surface area contributed by atoms with Gasteiger partial charge in [-0.05, 0) is 42.7 Å². The summed E-state index contributed by atoms with van der Waals surface area (Å²) >= 11 is 6.20. The largest absolute Gasteiger partial charge is 0.366 e. The van der Waals surface area contributed by atoms with Gasteiger partial charge < -0.3 is 10.6 Å². The van der Waals surface area contributed by atoms with Crippen molar-refractivity contribution in [1.29, 1.82) is 0 Å². The molecule has 2 aromatic carbocycles. The Kier molecular flexibility index (Phi) is 4.64. The van der Waals surface area contributed by atoms with E-state index in [2.05, 4.69) is 10.6 Å². The number of halogens is 1. The maximum Gasteiger partial charge on any atom is 0.271 e. The molecule has 0 bridgehead atoms. The number of nitrogens with one attached hydrogen (secondary N) is 2. The SMILES string of the molecule is O=C1[C@@H]2CCCN2[C@@]2(C(=O)Nc3cc(Cl)ccc32)N1c1cccc(NCc2ccccc2)n1. The lowest BCUT2D eigenvalue weighted by molar-refractivity contribution is -0.126. The fraction of sp³-hybridized carbons (Fsp3) is 0.240. The number of nitrogens with zero attached hydrogens (tertiary/aromatic N) is 3. The molecule has 2 atom stereocenters. The summed E-state index contributed by atoms with van der Waals surface area (Å²) in [6.07, 6.45) is 1.59. The normalized spacial score (nSPS) is 23.7. The topological polar surface area (TPSA) is 77.6 Å². The number of benzene rings is 2. The van der Waals surface area contributed by atoms with Crippen LogP contribution in [0.25, 0.3) is 0 Å². The lowest BCUT2D eigenvalue weighted by Gasteiger charge is -2.37. The van der Waals surface area contributed by atoms with Crippen LogP contribution in [-0.4, -0.2) is 34.3 Å². The number of carbonyl (C=O) groups is 2. The molecule has 1 spiro atoms. The number of hydrogen-bond donors (Lipinski definition) is 2. The second-order valence-electron chi connectivity index (χ2n) is 8.56. The van der Waals surface area contributed by atoms with E-state index in [4.69, 9.17) is 16.6 Å². The Labute approximate surface area is 196 Å². The third-order valence-electron chi connectivity index (χ3n) is 6.70. The Balaban J connectivity index is 1.43. The van der Waals surface area contributed by atoms with E-state index in [1.165, 1.54) is 0 Å². The van der Waals surface area contributed by atoms with Gasteiger partial charge in [-0.25, -0.2) is 4.98 Å². The summed E-state index contributed by atoms with van der Waals surface area (Å²) in [4.78, 5) is 35.6. The molecule has 8 heteroatoms. The molecule has 0 saturated carbocycles. The van der Waals surface area contributed by atoms with Crippen LogP contribution in [0.3, 0.4) is 0 Å². The smallest absolute Gasteiger partial charge is 0.271 e. The van der Waals surface area contributed by atoms with Crippen molar-refractivity contribution in [1.82, 2.24) is 9.88 Å². The minimum atomic E-state index is -1.26. The third-order valence-corrected chi connectivity index (χ3v) is 6.93. The van der Waals surface area contributed by atoms with E-state index >= 15 is 0 Å². The summed E-state index contributed by atoms with van der Waals surface area (Å²) in [5.41, 5.74) is 1.24. The number of fused-ring (bicyclic) bond motifs is 4. The van der Waals surface area contributed by atoms with Crippen LogP contribution in [0.15, 0.2) is 66.7 Å². The minimum Gasteiger partial charge on any atom is -0.366 e.